The summed E-state index contributed by atoms with van der Waals surface area (Å²) in [6, 6.07) is 8.98. The van der Waals surface area contributed by atoms with Gasteiger partial charge in [-0.05, 0) is 30.3 Å². The molecule has 1 aliphatic rings. The Morgan fingerprint density at radius 2 is 1.59 bits per heavy atom. The third-order valence-electron chi connectivity index (χ3n) is 4.64. The molecule has 2 aromatic rings. The van der Waals surface area contributed by atoms with E-state index in [4.69, 9.17) is 11.6 Å². The SMILES string of the molecule is COC(=O)c1cc(C(=O)OC)cc(N2C(=O)C[C@H](NNC(=O)c3ccccc3Cl)C2=O)c1. The van der Waals surface area contributed by atoms with Gasteiger partial charge in [0.05, 0.1) is 48.0 Å². The second-order valence-corrected chi connectivity index (χ2v) is 7.06. The number of benzene rings is 2. The molecule has 0 unspecified atom stereocenters. The van der Waals surface area contributed by atoms with Crippen LogP contribution in [0.3, 0.4) is 0 Å². The number of rotatable bonds is 6. The van der Waals surface area contributed by atoms with Crippen LogP contribution in [0.1, 0.15) is 37.5 Å². The summed E-state index contributed by atoms with van der Waals surface area (Å²) in [5.74, 6) is -3.41. The number of esters is 2. The maximum atomic E-state index is 12.9. The van der Waals surface area contributed by atoms with E-state index in [1.54, 1.807) is 12.1 Å². The Bertz CT molecular complexity index is 1080. The van der Waals surface area contributed by atoms with Crippen LogP contribution in [0.2, 0.25) is 5.02 Å². The molecule has 1 atom stereocenters. The topological polar surface area (TPSA) is 131 Å². The molecule has 1 heterocycles. The molecule has 0 spiro atoms. The van der Waals surface area contributed by atoms with Gasteiger partial charge in [0.25, 0.3) is 11.8 Å². The number of nitrogens with zero attached hydrogens (tertiary/aromatic N) is 1. The third kappa shape index (κ3) is 4.61. The Hall–Kier alpha value is -3.76. The van der Waals surface area contributed by atoms with Gasteiger partial charge in [0.1, 0.15) is 6.04 Å². The molecule has 2 N–H and O–H groups in total. The predicted octanol–water partition coefficient (Wildman–Crippen LogP) is 1.48. The molecule has 0 radical (unpaired) electrons. The molecule has 0 aromatic heterocycles. The van der Waals surface area contributed by atoms with Gasteiger partial charge in [0.15, 0.2) is 0 Å². The summed E-state index contributed by atoms with van der Waals surface area (Å²) >= 11 is 5.98. The van der Waals surface area contributed by atoms with E-state index in [-0.39, 0.29) is 33.8 Å². The number of amides is 3. The van der Waals surface area contributed by atoms with Gasteiger partial charge in [-0.1, -0.05) is 23.7 Å². The van der Waals surface area contributed by atoms with E-state index in [0.717, 1.165) is 19.1 Å². The lowest BCUT2D eigenvalue weighted by atomic mass is 10.1. The number of hydrogen-bond acceptors (Lipinski definition) is 8. The number of anilines is 1. The van der Waals surface area contributed by atoms with Crippen molar-refractivity contribution in [1.29, 1.82) is 0 Å². The van der Waals surface area contributed by atoms with E-state index in [2.05, 4.69) is 20.3 Å². The number of imide groups is 1. The van der Waals surface area contributed by atoms with Crippen molar-refractivity contribution in [1.82, 2.24) is 10.9 Å². The number of ether oxygens (including phenoxy) is 2. The van der Waals surface area contributed by atoms with Gasteiger partial charge in [0, 0.05) is 0 Å². The maximum absolute atomic E-state index is 12.9. The number of halogens is 1. The highest BCUT2D eigenvalue weighted by Crippen LogP contribution is 2.26. The summed E-state index contributed by atoms with van der Waals surface area (Å²) in [5, 5.41) is 0.220. The fourth-order valence-electron chi connectivity index (χ4n) is 3.09. The van der Waals surface area contributed by atoms with E-state index < -0.39 is 35.7 Å². The third-order valence-corrected chi connectivity index (χ3v) is 4.97. The van der Waals surface area contributed by atoms with E-state index >= 15 is 0 Å². The zero-order chi connectivity index (χ0) is 23.4. The second-order valence-electron chi connectivity index (χ2n) is 6.65. The summed E-state index contributed by atoms with van der Waals surface area (Å²) in [7, 11) is 2.31. The summed E-state index contributed by atoms with van der Waals surface area (Å²) in [4.78, 5) is 62.5. The average molecular weight is 460 g/mol. The lowest BCUT2D eigenvalue weighted by Crippen LogP contribution is -2.48. The van der Waals surface area contributed by atoms with Crippen molar-refractivity contribution in [2.24, 2.45) is 0 Å². The first-order valence-corrected chi connectivity index (χ1v) is 9.63. The van der Waals surface area contributed by atoms with Crippen molar-refractivity contribution in [2.45, 2.75) is 12.5 Å². The molecule has 0 bridgehead atoms. The summed E-state index contributed by atoms with van der Waals surface area (Å²) < 4.78 is 9.33. The maximum Gasteiger partial charge on any atom is 0.337 e. The fraction of sp³-hybridized carbons (Fsp3) is 0.190. The highest BCUT2D eigenvalue weighted by atomic mass is 35.5. The van der Waals surface area contributed by atoms with Gasteiger partial charge < -0.3 is 9.47 Å². The van der Waals surface area contributed by atoms with Crippen LogP contribution in [0, 0.1) is 0 Å². The lowest BCUT2D eigenvalue weighted by Gasteiger charge is -2.17. The summed E-state index contributed by atoms with van der Waals surface area (Å²) in [6.07, 6.45) is -0.266. The largest absolute Gasteiger partial charge is 0.465 e. The van der Waals surface area contributed by atoms with Gasteiger partial charge in [-0.3, -0.25) is 19.8 Å². The van der Waals surface area contributed by atoms with Gasteiger partial charge in [-0.15, -0.1) is 0 Å². The van der Waals surface area contributed by atoms with Gasteiger partial charge in [-0.2, -0.15) is 0 Å². The van der Waals surface area contributed by atoms with Crippen molar-refractivity contribution < 1.29 is 33.4 Å². The minimum atomic E-state index is -1.07. The van der Waals surface area contributed by atoms with Crippen LogP contribution in [0.5, 0.6) is 0 Å². The minimum absolute atomic E-state index is 0.00923. The quantitative estimate of drug-likeness (QED) is 0.377. The number of nitrogens with one attached hydrogen (secondary N) is 2. The molecule has 1 fully saturated rings. The molecule has 32 heavy (non-hydrogen) atoms. The number of hydrazine groups is 1. The Morgan fingerprint density at radius 1 is 1.00 bits per heavy atom. The Labute approximate surface area is 187 Å². The fourth-order valence-corrected chi connectivity index (χ4v) is 3.31. The number of hydrogen-bond donors (Lipinski definition) is 2. The molecule has 0 saturated carbocycles. The molecule has 3 amide bonds. The molecular formula is C21H18ClN3O7. The number of methoxy groups -OCH3 is 2. The normalized spacial score (nSPS) is 15.5. The highest BCUT2D eigenvalue weighted by molar-refractivity contribution is 6.33. The van der Waals surface area contributed by atoms with Crippen LogP contribution in [-0.4, -0.2) is 49.9 Å². The van der Waals surface area contributed by atoms with E-state index in [0.29, 0.717) is 0 Å². The minimum Gasteiger partial charge on any atom is -0.465 e. The van der Waals surface area contributed by atoms with Crippen molar-refractivity contribution in [3.63, 3.8) is 0 Å². The Morgan fingerprint density at radius 3 is 2.16 bits per heavy atom. The molecule has 11 heteroatoms. The van der Waals surface area contributed by atoms with Crippen molar-refractivity contribution in [2.75, 3.05) is 19.1 Å². The summed E-state index contributed by atoms with van der Waals surface area (Å²) in [5.41, 5.74) is 4.97. The second kappa shape index (κ2) is 9.58. The zero-order valence-electron chi connectivity index (χ0n) is 17.0. The molecule has 166 valence electrons. The van der Waals surface area contributed by atoms with Crippen molar-refractivity contribution in [3.8, 4) is 0 Å². The first kappa shape index (κ1) is 22.9. The molecule has 1 aliphatic heterocycles. The highest BCUT2D eigenvalue weighted by Gasteiger charge is 2.40. The van der Waals surface area contributed by atoms with Crippen LogP contribution >= 0.6 is 11.6 Å². The van der Waals surface area contributed by atoms with Gasteiger partial charge in [-0.25, -0.2) is 19.9 Å². The monoisotopic (exact) mass is 459 g/mol. The van der Waals surface area contributed by atoms with Crippen LogP contribution in [0.25, 0.3) is 0 Å². The Balaban J connectivity index is 1.82. The van der Waals surface area contributed by atoms with Crippen LogP contribution in [0.4, 0.5) is 5.69 Å². The van der Waals surface area contributed by atoms with Crippen molar-refractivity contribution in [3.05, 3.63) is 64.2 Å². The standard InChI is InChI=1S/C21H18ClN3O7/c1-31-20(29)11-7-12(21(30)32-2)9-13(8-11)25-17(26)10-16(19(25)28)23-24-18(27)14-5-3-4-6-15(14)22/h3-9,16,23H,10H2,1-2H3,(H,24,27)/t16-/m0/s1. The lowest BCUT2D eigenvalue weighted by molar-refractivity contribution is -0.121. The Kier molecular flexibility index (Phi) is 6.86. The number of carbonyl (C=O) groups is 5. The van der Waals surface area contributed by atoms with Gasteiger partial charge in [0.2, 0.25) is 5.91 Å². The molecule has 1 saturated heterocycles. The first-order chi connectivity index (χ1) is 15.3. The van der Waals surface area contributed by atoms with E-state index in [9.17, 15) is 24.0 Å². The van der Waals surface area contributed by atoms with E-state index in [1.165, 1.54) is 30.3 Å². The number of carbonyl (C=O) groups excluding carboxylic acids is 5. The zero-order valence-corrected chi connectivity index (χ0v) is 17.8. The smallest absolute Gasteiger partial charge is 0.337 e. The van der Waals surface area contributed by atoms with E-state index in [1.807, 2.05) is 0 Å². The molecule has 3 rings (SSSR count). The predicted molar refractivity (Wildman–Crippen MR) is 112 cm³/mol. The molecular weight excluding hydrogens is 442 g/mol. The average Bonchev–Trinajstić information content (AvgIpc) is 3.09. The van der Waals surface area contributed by atoms with Crippen LogP contribution in [0.15, 0.2) is 42.5 Å². The molecule has 0 aliphatic carbocycles. The summed E-state index contributed by atoms with van der Waals surface area (Å²) in [6.45, 7) is 0. The van der Waals surface area contributed by atoms with Crippen LogP contribution in [-0.2, 0) is 19.1 Å². The molecule has 2 aromatic carbocycles. The van der Waals surface area contributed by atoms with Gasteiger partial charge >= 0.3 is 11.9 Å². The van der Waals surface area contributed by atoms with Crippen LogP contribution < -0.4 is 15.8 Å². The first-order valence-electron chi connectivity index (χ1n) is 9.25. The molecule has 10 nitrogen and oxygen atoms in total. The van der Waals surface area contributed by atoms with Crippen molar-refractivity contribution >= 4 is 46.9 Å².